The van der Waals surface area contributed by atoms with E-state index in [-0.39, 0.29) is 0 Å². The molecule has 1 saturated heterocycles. The van der Waals surface area contributed by atoms with Gasteiger partial charge in [0.25, 0.3) is 0 Å². The molecule has 0 radical (unpaired) electrons. The summed E-state index contributed by atoms with van der Waals surface area (Å²) in [7, 11) is 0. The van der Waals surface area contributed by atoms with Gasteiger partial charge in [-0.25, -0.2) is 0 Å². The molecule has 1 unspecified atom stereocenters. The van der Waals surface area contributed by atoms with Gasteiger partial charge >= 0.3 is 0 Å². The van der Waals surface area contributed by atoms with Gasteiger partial charge in [-0.1, -0.05) is 37.6 Å². The summed E-state index contributed by atoms with van der Waals surface area (Å²) >= 11 is 2.08. The molecule has 1 aromatic rings. The van der Waals surface area contributed by atoms with Crippen molar-refractivity contribution in [3.05, 3.63) is 35.4 Å². The molecule has 1 atom stereocenters. The lowest BCUT2D eigenvalue weighted by atomic mass is 9.90. The summed E-state index contributed by atoms with van der Waals surface area (Å²) in [6.07, 6.45) is 6.23. The quantitative estimate of drug-likeness (QED) is 0.616. The van der Waals surface area contributed by atoms with E-state index in [9.17, 15) is 0 Å². The first-order chi connectivity index (χ1) is 9.33. The van der Waals surface area contributed by atoms with Gasteiger partial charge in [-0.05, 0) is 54.2 Å². The molecule has 0 bridgehead atoms. The molecule has 3 heteroatoms. The van der Waals surface area contributed by atoms with Crippen LogP contribution in [0.1, 0.15) is 49.8 Å². The van der Waals surface area contributed by atoms with Crippen LogP contribution < -0.4 is 11.3 Å². The molecule has 2 nitrogen and oxygen atoms in total. The Morgan fingerprint density at radius 2 is 1.95 bits per heavy atom. The Balaban J connectivity index is 1.95. The highest BCUT2D eigenvalue weighted by molar-refractivity contribution is 7.99. The Hall–Kier alpha value is -0.510. The van der Waals surface area contributed by atoms with Gasteiger partial charge in [0.05, 0.1) is 0 Å². The topological polar surface area (TPSA) is 38.0 Å². The number of hydrazine groups is 1. The second-order valence-corrected chi connectivity index (χ2v) is 6.73. The van der Waals surface area contributed by atoms with Crippen molar-refractivity contribution in [1.82, 2.24) is 5.43 Å². The molecule has 3 N–H and O–H groups in total. The summed E-state index contributed by atoms with van der Waals surface area (Å²) in [4.78, 5) is 0. The Morgan fingerprint density at radius 1 is 1.26 bits per heavy atom. The maximum Gasteiger partial charge on any atom is 0.0462 e. The largest absolute Gasteiger partial charge is 0.271 e. The van der Waals surface area contributed by atoms with Crippen LogP contribution in [0.2, 0.25) is 0 Å². The van der Waals surface area contributed by atoms with Crippen LogP contribution >= 0.6 is 11.8 Å². The van der Waals surface area contributed by atoms with E-state index < -0.39 is 0 Å². The average molecular weight is 278 g/mol. The van der Waals surface area contributed by atoms with E-state index in [0.717, 1.165) is 5.92 Å². The summed E-state index contributed by atoms with van der Waals surface area (Å²) in [5.41, 5.74) is 5.77. The lowest BCUT2D eigenvalue weighted by Gasteiger charge is -2.26. The molecule has 1 aliphatic rings. The van der Waals surface area contributed by atoms with Gasteiger partial charge in [-0.3, -0.25) is 11.3 Å². The Morgan fingerprint density at radius 3 is 2.53 bits per heavy atom. The van der Waals surface area contributed by atoms with Crippen LogP contribution in [0.4, 0.5) is 0 Å². The molecule has 0 amide bonds. The highest BCUT2D eigenvalue weighted by Gasteiger charge is 2.19. The molecule has 1 aromatic carbocycles. The van der Waals surface area contributed by atoms with Crippen LogP contribution in [0.5, 0.6) is 0 Å². The third-order valence-corrected chi connectivity index (χ3v) is 5.08. The van der Waals surface area contributed by atoms with Crippen molar-refractivity contribution in [2.75, 3.05) is 11.5 Å². The summed E-state index contributed by atoms with van der Waals surface area (Å²) in [6, 6.07) is 9.30. The number of nitrogens with one attached hydrogen (secondary N) is 1. The molecule has 0 aliphatic carbocycles. The molecule has 1 fully saturated rings. The molecule has 106 valence electrons. The third-order valence-electron chi connectivity index (χ3n) is 4.03. The second-order valence-electron chi connectivity index (χ2n) is 5.50. The summed E-state index contributed by atoms with van der Waals surface area (Å²) in [5, 5.41) is 0. The lowest BCUT2D eigenvalue weighted by molar-refractivity contribution is 0.374. The minimum Gasteiger partial charge on any atom is -0.271 e. The number of thioether (sulfide) groups is 1. The SMILES string of the molecule is CCCc1ccc(C(CC2CCSCC2)NN)cc1. The fourth-order valence-corrected chi connectivity index (χ4v) is 4.03. The number of benzene rings is 1. The first-order valence-corrected chi connectivity index (χ1v) is 8.61. The summed E-state index contributed by atoms with van der Waals surface area (Å²) in [6.45, 7) is 2.22. The minimum atomic E-state index is 0.309. The van der Waals surface area contributed by atoms with Crippen LogP contribution in [0.25, 0.3) is 0 Å². The van der Waals surface area contributed by atoms with E-state index in [4.69, 9.17) is 5.84 Å². The number of aryl methyl sites for hydroxylation is 1. The van der Waals surface area contributed by atoms with E-state index in [2.05, 4.69) is 48.4 Å². The zero-order valence-corrected chi connectivity index (χ0v) is 12.7. The highest BCUT2D eigenvalue weighted by Crippen LogP contribution is 2.30. The average Bonchev–Trinajstić information content (AvgIpc) is 2.47. The molecule has 2 rings (SSSR count). The highest BCUT2D eigenvalue weighted by atomic mass is 32.2. The van der Waals surface area contributed by atoms with Gasteiger partial charge < -0.3 is 0 Å². The lowest BCUT2D eigenvalue weighted by Crippen LogP contribution is -2.30. The van der Waals surface area contributed by atoms with Gasteiger partial charge in [-0.2, -0.15) is 11.8 Å². The zero-order valence-electron chi connectivity index (χ0n) is 11.9. The number of hydrogen-bond donors (Lipinski definition) is 2. The molecule has 0 spiro atoms. The van der Waals surface area contributed by atoms with Crippen molar-refractivity contribution in [3.63, 3.8) is 0 Å². The fourth-order valence-electron chi connectivity index (χ4n) is 2.82. The maximum absolute atomic E-state index is 5.76. The molecule has 0 saturated carbocycles. The Kier molecular flexibility index (Phi) is 6.21. The number of hydrogen-bond acceptors (Lipinski definition) is 3. The molecule has 19 heavy (non-hydrogen) atoms. The Bertz CT molecular complexity index is 358. The van der Waals surface area contributed by atoms with Gasteiger partial charge in [0.15, 0.2) is 0 Å². The Labute approximate surface area is 121 Å². The van der Waals surface area contributed by atoms with Crippen molar-refractivity contribution in [2.24, 2.45) is 11.8 Å². The van der Waals surface area contributed by atoms with Crippen molar-refractivity contribution < 1.29 is 0 Å². The monoisotopic (exact) mass is 278 g/mol. The molecular weight excluding hydrogens is 252 g/mol. The summed E-state index contributed by atoms with van der Waals surface area (Å²) < 4.78 is 0. The third kappa shape index (κ3) is 4.51. The second kappa shape index (κ2) is 7.93. The van der Waals surface area contributed by atoms with E-state index in [1.54, 1.807) is 0 Å². The zero-order chi connectivity index (χ0) is 13.5. The van der Waals surface area contributed by atoms with Gasteiger partial charge in [-0.15, -0.1) is 0 Å². The van der Waals surface area contributed by atoms with E-state index in [1.807, 2.05) is 0 Å². The van der Waals surface area contributed by atoms with Gasteiger partial charge in [0, 0.05) is 6.04 Å². The van der Waals surface area contributed by atoms with E-state index >= 15 is 0 Å². The standard InChI is InChI=1S/C16H26N2S/c1-2-3-13-4-6-15(7-5-13)16(18-17)12-14-8-10-19-11-9-14/h4-7,14,16,18H,2-3,8-12,17H2,1H3. The van der Waals surface area contributed by atoms with E-state index in [0.29, 0.717) is 6.04 Å². The molecule has 0 aromatic heterocycles. The maximum atomic E-state index is 5.76. The van der Waals surface area contributed by atoms with Crippen molar-refractivity contribution in [2.45, 2.75) is 45.1 Å². The number of nitrogens with two attached hydrogens (primary N) is 1. The number of rotatable bonds is 6. The van der Waals surface area contributed by atoms with Crippen molar-refractivity contribution in [3.8, 4) is 0 Å². The molecule has 1 heterocycles. The van der Waals surface area contributed by atoms with Crippen LogP contribution in [0.3, 0.4) is 0 Å². The van der Waals surface area contributed by atoms with Crippen LogP contribution in [0.15, 0.2) is 24.3 Å². The molecule has 1 aliphatic heterocycles. The first kappa shape index (κ1) is 14.9. The predicted octanol–water partition coefficient (Wildman–Crippen LogP) is 3.68. The fraction of sp³-hybridized carbons (Fsp3) is 0.625. The first-order valence-electron chi connectivity index (χ1n) is 7.46. The summed E-state index contributed by atoms with van der Waals surface area (Å²) in [5.74, 6) is 9.23. The van der Waals surface area contributed by atoms with Crippen LogP contribution in [0, 0.1) is 5.92 Å². The minimum absolute atomic E-state index is 0.309. The normalized spacial score (nSPS) is 18.4. The van der Waals surface area contributed by atoms with E-state index in [1.165, 1.54) is 54.7 Å². The molecular formula is C16H26N2S. The van der Waals surface area contributed by atoms with Gasteiger partial charge in [0.2, 0.25) is 0 Å². The van der Waals surface area contributed by atoms with Crippen LogP contribution in [-0.4, -0.2) is 11.5 Å². The van der Waals surface area contributed by atoms with Gasteiger partial charge in [0.1, 0.15) is 0 Å². The predicted molar refractivity (Wildman–Crippen MR) is 85.2 cm³/mol. The smallest absolute Gasteiger partial charge is 0.0462 e. The van der Waals surface area contributed by atoms with Crippen molar-refractivity contribution in [1.29, 1.82) is 0 Å². The van der Waals surface area contributed by atoms with Crippen molar-refractivity contribution >= 4 is 11.8 Å². The van der Waals surface area contributed by atoms with Crippen LogP contribution in [-0.2, 0) is 6.42 Å².